The summed E-state index contributed by atoms with van der Waals surface area (Å²) in [6.07, 6.45) is 3.29. The zero-order valence-electron chi connectivity index (χ0n) is 38.1. The first-order valence-corrected chi connectivity index (χ1v) is 22.2. The van der Waals surface area contributed by atoms with Crippen LogP contribution in [-0.2, 0) is 38.1 Å². The van der Waals surface area contributed by atoms with Crippen LogP contribution in [0.1, 0.15) is 141 Å². The van der Waals surface area contributed by atoms with E-state index >= 15 is 0 Å². The number of carbonyl (C=O) groups excluding carboxylic acids is 3. The van der Waals surface area contributed by atoms with Gasteiger partial charge in [0.15, 0.2) is 18.5 Å². The molecule has 6 aliphatic rings. The summed E-state index contributed by atoms with van der Waals surface area (Å²) in [7, 11) is 0. The molecule has 0 aromatic rings. The minimum Gasteiger partial charge on any atom is -0.465 e. The van der Waals surface area contributed by atoms with Gasteiger partial charge in [0.25, 0.3) is 0 Å². The molecule has 0 radical (unpaired) electrons. The number of esters is 3. The summed E-state index contributed by atoms with van der Waals surface area (Å²) < 4.78 is 30.4. The van der Waals surface area contributed by atoms with Crippen molar-refractivity contribution in [1.29, 1.82) is 0 Å². The standard InChI is InChI=1S/C48H74O11/c1-14-26(3)40(53)57-36-28(5)56-42(35(51)37(36)58-41(54)27(4)15-2)59-39-38(52)48(25-55-29(6)49)31(23-44(39,9)10)30-17-18-33-45(11)21-16-20-43(7,8)32(45)19-22-46(33,12)47(30,13)24-34(48)50/h14-15,17,28,31-39,42,50-52H,16,18-25H2,1-13H3/b26-14-,27-15-/t28?,31?,32?,33?,34-,35?,36+,37-,38+,39+,42+,45+,46-,47-,48+/m1/s1. The number of hydrogen-bond donors (Lipinski definition) is 3. The third-order valence-electron chi connectivity index (χ3n) is 17.4. The van der Waals surface area contributed by atoms with Gasteiger partial charge in [-0.3, -0.25) is 4.79 Å². The number of ether oxygens (including phenoxy) is 5. The van der Waals surface area contributed by atoms with Crippen LogP contribution in [0.2, 0.25) is 0 Å². The third kappa shape index (κ3) is 7.28. The number of rotatable bonds is 8. The second-order valence-corrected chi connectivity index (χ2v) is 21.4. The van der Waals surface area contributed by atoms with Crippen LogP contribution in [0.4, 0.5) is 0 Å². The summed E-state index contributed by atoms with van der Waals surface area (Å²) in [5.74, 6) is -1.15. The molecule has 1 heterocycles. The van der Waals surface area contributed by atoms with Gasteiger partial charge in [0, 0.05) is 18.1 Å². The third-order valence-corrected chi connectivity index (χ3v) is 17.4. The largest absolute Gasteiger partial charge is 0.465 e. The monoisotopic (exact) mass is 827 g/mol. The summed E-state index contributed by atoms with van der Waals surface area (Å²) in [4.78, 5) is 38.7. The van der Waals surface area contributed by atoms with Crippen LogP contribution in [0.25, 0.3) is 0 Å². The van der Waals surface area contributed by atoms with Crippen LogP contribution >= 0.6 is 0 Å². The van der Waals surface area contributed by atoms with Crippen molar-refractivity contribution >= 4 is 17.9 Å². The van der Waals surface area contributed by atoms with Crippen molar-refractivity contribution in [2.24, 2.45) is 50.2 Å². The zero-order chi connectivity index (χ0) is 43.8. The lowest BCUT2D eigenvalue weighted by Gasteiger charge is -2.72. The highest BCUT2D eigenvalue weighted by atomic mass is 16.7. The molecular weight excluding hydrogens is 753 g/mol. The van der Waals surface area contributed by atoms with Gasteiger partial charge in [0.2, 0.25) is 0 Å². The Morgan fingerprint density at radius 1 is 0.831 bits per heavy atom. The highest BCUT2D eigenvalue weighted by Crippen LogP contribution is 2.76. The Hall–Kier alpha value is -2.57. The highest BCUT2D eigenvalue weighted by Gasteiger charge is 2.72. The fourth-order valence-electron chi connectivity index (χ4n) is 13.6. The normalized spacial score (nSPS) is 45.4. The van der Waals surface area contributed by atoms with E-state index in [0.29, 0.717) is 35.8 Å². The van der Waals surface area contributed by atoms with Crippen LogP contribution in [0.3, 0.4) is 0 Å². The van der Waals surface area contributed by atoms with E-state index in [1.165, 1.54) is 31.8 Å². The van der Waals surface area contributed by atoms with E-state index < -0.39 is 77.8 Å². The van der Waals surface area contributed by atoms with Crippen LogP contribution < -0.4 is 0 Å². The summed E-state index contributed by atoms with van der Waals surface area (Å²) in [6, 6.07) is 0. The average molecular weight is 827 g/mol. The maximum Gasteiger partial charge on any atom is 0.333 e. The fourth-order valence-corrected chi connectivity index (χ4v) is 13.6. The van der Waals surface area contributed by atoms with Gasteiger partial charge in [-0.05, 0) is 124 Å². The number of carbonyl (C=O) groups is 3. The first kappa shape index (κ1) is 45.9. The van der Waals surface area contributed by atoms with Gasteiger partial charge in [-0.1, -0.05) is 78.7 Å². The van der Waals surface area contributed by atoms with E-state index in [0.717, 1.165) is 19.3 Å². The van der Waals surface area contributed by atoms with Gasteiger partial charge in [0.1, 0.15) is 12.7 Å². The van der Waals surface area contributed by atoms with E-state index in [2.05, 4.69) is 40.7 Å². The molecule has 4 saturated carbocycles. The first-order chi connectivity index (χ1) is 27.4. The molecule has 0 spiro atoms. The van der Waals surface area contributed by atoms with Gasteiger partial charge in [-0.15, -0.1) is 0 Å². The van der Waals surface area contributed by atoms with Gasteiger partial charge < -0.3 is 39.0 Å². The molecular formula is C48H74O11. The molecule has 11 heteroatoms. The molecule has 0 amide bonds. The molecule has 0 aromatic heterocycles. The van der Waals surface area contributed by atoms with Crippen LogP contribution in [0.5, 0.6) is 0 Å². The zero-order valence-corrected chi connectivity index (χ0v) is 38.1. The Labute approximate surface area is 352 Å². The molecule has 5 aliphatic carbocycles. The van der Waals surface area contributed by atoms with Crippen LogP contribution in [0.15, 0.2) is 34.9 Å². The highest BCUT2D eigenvalue weighted by molar-refractivity contribution is 5.88. The summed E-state index contributed by atoms with van der Waals surface area (Å²) >= 11 is 0. The molecule has 5 fully saturated rings. The lowest BCUT2D eigenvalue weighted by atomic mass is 9.33. The molecule has 11 nitrogen and oxygen atoms in total. The van der Waals surface area contributed by atoms with Crippen molar-refractivity contribution in [1.82, 2.24) is 0 Å². The van der Waals surface area contributed by atoms with Crippen molar-refractivity contribution in [3.63, 3.8) is 0 Å². The number of hydrogen-bond acceptors (Lipinski definition) is 11. The Morgan fingerprint density at radius 2 is 1.44 bits per heavy atom. The van der Waals surface area contributed by atoms with E-state index in [-0.39, 0.29) is 34.2 Å². The molecule has 1 saturated heterocycles. The molecule has 0 bridgehead atoms. The van der Waals surface area contributed by atoms with Crippen molar-refractivity contribution in [2.45, 2.75) is 190 Å². The number of fused-ring (bicyclic) bond motifs is 7. The molecule has 6 rings (SSSR count). The fraction of sp³-hybridized carbons (Fsp3) is 0.812. The van der Waals surface area contributed by atoms with E-state index in [1.807, 2.05) is 13.8 Å². The maximum atomic E-state index is 13.1. The van der Waals surface area contributed by atoms with Crippen LogP contribution in [-0.4, -0.2) is 88.9 Å². The quantitative estimate of drug-likeness (QED) is 0.0730. The molecule has 332 valence electrons. The Kier molecular flexibility index (Phi) is 12.4. The Balaban J connectivity index is 1.37. The van der Waals surface area contributed by atoms with Crippen LogP contribution in [0, 0.1) is 50.2 Å². The predicted octanol–water partition coefficient (Wildman–Crippen LogP) is 7.54. The van der Waals surface area contributed by atoms with Gasteiger partial charge in [0.05, 0.1) is 29.8 Å². The lowest BCUT2D eigenvalue weighted by Crippen LogP contribution is -2.72. The maximum absolute atomic E-state index is 13.1. The van der Waals surface area contributed by atoms with E-state index in [1.54, 1.807) is 46.8 Å². The second kappa shape index (κ2) is 16.0. The molecule has 1 aliphatic heterocycles. The van der Waals surface area contributed by atoms with Crippen molar-refractivity contribution in [3.05, 3.63) is 34.9 Å². The number of allylic oxidation sites excluding steroid dienone is 4. The second-order valence-electron chi connectivity index (χ2n) is 21.4. The van der Waals surface area contributed by atoms with Gasteiger partial charge in [-0.25, -0.2) is 9.59 Å². The smallest absolute Gasteiger partial charge is 0.333 e. The Morgan fingerprint density at radius 3 is 2.03 bits per heavy atom. The average Bonchev–Trinajstić information content (AvgIpc) is 3.15. The number of aliphatic hydroxyl groups is 3. The summed E-state index contributed by atoms with van der Waals surface area (Å²) in [5, 5.41) is 37.6. The summed E-state index contributed by atoms with van der Waals surface area (Å²) in [6.45, 7) is 25.6. The van der Waals surface area contributed by atoms with Crippen molar-refractivity contribution in [3.8, 4) is 0 Å². The molecule has 59 heavy (non-hydrogen) atoms. The topological polar surface area (TPSA) is 158 Å². The summed E-state index contributed by atoms with van der Waals surface area (Å²) in [5.41, 5.74) is -0.283. The number of aliphatic hydroxyl groups excluding tert-OH is 3. The van der Waals surface area contributed by atoms with E-state index in [4.69, 9.17) is 23.7 Å². The molecule has 0 aromatic carbocycles. The minimum atomic E-state index is -1.63. The minimum absolute atomic E-state index is 0.105. The van der Waals surface area contributed by atoms with Gasteiger partial charge in [-0.2, -0.15) is 0 Å². The molecule has 15 atom stereocenters. The lowest BCUT2D eigenvalue weighted by molar-refractivity contribution is -0.342. The predicted molar refractivity (Wildman–Crippen MR) is 222 cm³/mol. The molecule has 5 unspecified atom stereocenters. The van der Waals surface area contributed by atoms with Crippen molar-refractivity contribution in [2.75, 3.05) is 6.61 Å². The Bertz CT molecular complexity index is 1740. The van der Waals surface area contributed by atoms with E-state index in [9.17, 15) is 29.7 Å². The SMILES string of the molecule is C/C=C(/C)C(=O)O[C@@H]1C(O)[C@H](O[C@H]2[C@H](O)[C@@]3(COC(C)=O)C(CC2(C)C)C2=CCC4[C@@]5(C)CCCC(C)(C)C5CC[C@@]4(C)[C@]2(C)C[C@H]3O)OC(C)[C@@H]1OC(=O)/C(C)=C\C. The molecule has 3 N–H and O–H groups in total. The first-order valence-electron chi connectivity index (χ1n) is 22.2. The van der Waals surface area contributed by atoms with Crippen molar-refractivity contribution < 1.29 is 53.4 Å². The van der Waals surface area contributed by atoms with Gasteiger partial charge >= 0.3 is 17.9 Å².